The maximum absolute atomic E-state index is 10.2. The van der Waals surface area contributed by atoms with Crippen molar-refractivity contribution in [2.45, 2.75) is 180 Å². The molecule has 0 bridgehead atoms. The Kier molecular flexibility index (Phi) is 40.8. The van der Waals surface area contributed by atoms with Gasteiger partial charge in [-0.15, -0.1) is 0 Å². The smallest absolute Gasteiger partial charge is 0.550 e. The minimum atomic E-state index is -1.23. The third-order valence-electron chi connectivity index (χ3n) is 14.3. The minimum Gasteiger partial charge on any atom is -0.550 e. The summed E-state index contributed by atoms with van der Waals surface area (Å²) in [5, 5.41) is 119. The second-order valence-corrected chi connectivity index (χ2v) is 19.5. The zero-order valence-corrected chi connectivity index (χ0v) is 52.0. The van der Waals surface area contributed by atoms with Crippen LogP contribution in [0.15, 0.2) is 24.3 Å². The van der Waals surface area contributed by atoms with Gasteiger partial charge >= 0.3 is 29.6 Å². The number of carboxylic acids is 2. The van der Waals surface area contributed by atoms with Gasteiger partial charge < -0.3 is 147 Å². The topological polar surface area (TPSA) is 433 Å². The van der Waals surface area contributed by atoms with E-state index < -0.39 is 135 Å². The standard InChI is InChI=1S/C15H23NO.2C11H20O8.2C8H16O6.Na/c1-3-16-15(10-5-4-6-11-15)13-8-7-9-14(12-13)17-2;2*1-16-10-6(5-18-4-3-7(12)13)19-11(17-2)9(15)8(10)14;2*1-12-7-4(3-9)14-8(13-2)6(11)5(7)10;/h7-9,12,16H,3-6,10-11H2,1-2H3;2*6,8-11,14-15H,3-5H2,1-2H3,(H,12,13);2*4-11H,3H2,1-2H3;/q;;;;;+1/p-2. The molecule has 5 fully saturated rings. The quantitative estimate of drug-likeness (QED) is 0.0338. The van der Waals surface area contributed by atoms with Crippen LogP contribution in [-0.2, 0) is 81.4 Å². The van der Waals surface area contributed by atoms with Gasteiger partial charge in [0.1, 0.15) is 103 Å². The van der Waals surface area contributed by atoms with E-state index in [1.165, 1.54) is 94.5 Å². The summed E-state index contributed by atoms with van der Waals surface area (Å²) in [4.78, 5) is 20.4. The van der Waals surface area contributed by atoms with E-state index in [2.05, 4.69) is 30.4 Å². The Morgan fingerprint density at radius 1 is 0.524 bits per heavy atom. The Morgan fingerprint density at radius 3 is 1.14 bits per heavy atom. The predicted octanol–water partition coefficient (Wildman–Crippen LogP) is -8.86. The molecule has 5 aliphatic rings. The second-order valence-electron chi connectivity index (χ2n) is 19.5. The number of benzene rings is 1. The molecule has 0 aromatic heterocycles. The normalized spacial score (nSPS) is 34.4. The maximum Gasteiger partial charge on any atom is 1.00 e. The molecule has 4 aliphatic heterocycles. The van der Waals surface area contributed by atoms with Gasteiger partial charge in [0, 0.05) is 87.2 Å². The first-order valence-corrected chi connectivity index (χ1v) is 27.1. The molecule has 20 atom stereocenters. The van der Waals surface area contributed by atoms with Crippen LogP contribution in [0.5, 0.6) is 5.75 Å². The van der Waals surface area contributed by atoms with Crippen LogP contribution in [-0.4, -0.2) is 296 Å². The number of aliphatic carboxylic acids is 2. The number of aliphatic hydroxyl groups is 10. The first-order chi connectivity index (χ1) is 39.6. The molecule has 1 aromatic carbocycles. The number of rotatable bonds is 24. The summed E-state index contributed by atoms with van der Waals surface area (Å²) in [5.74, 6) is -1.46. The number of carboxylic acid groups (broad SMARTS) is 2. The fraction of sp³-hybridized carbons (Fsp3) is 0.849. The number of carbonyl (C=O) groups excluding carboxylic acids is 2. The molecular weight excluding hydrogens is 1140 g/mol. The predicted molar refractivity (Wildman–Crippen MR) is 280 cm³/mol. The molecule has 486 valence electrons. The van der Waals surface area contributed by atoms with Crippen molar-refractivity contribution in [1.29, 1.82) is 0 Å². The van der Waals surface area contributed by atoms with E-state index >= 15 is 0 Å². The van der Waals surface area contributed by atoms with Crippen molar-refractivity contribution >= 4 is 11.9 Å². The van der Waals surface area contributed by atoms with Crippen LogP contribution in [0.2, 0.25) is 0 Å². The van der Waals surface area contributed by atoms with E-state index in [9.17, 15) is 60.7 Å². The summed E-state index contributed by atoms with van der Waals surface area (Å²) in [6.45, 7) is 2.56. The molecule has 31 heteroatoms. The third kappa shape index (κ3) is 24.1. The summed E-state index contributed by atoms with van der Waals surface area (Å²) in [6, 6.07) is 8.54. The van der Waals surface area contributed by atoms with Crippen LogP contribution in [0.25, 0.3) is 0 Å². The Bertz CT molecular complexity index is 1780. The van der Waals surface area contributed by atoms with E-state index in [0.29, 0.717) is 0 Å². The second kappa shape index (κ2) is 42.8. The van der Waals surface area contributed by atoms with Crippen molar-refractivity contribution in [2.24, 2.45) is 0 Å². The van der Waals surface area contributed by atoms with Gasteiger partial charge in [-0.25, -0.2) is 0 Å². The number of carbonyl (C=O) groups is 2. The maximum atomic E-state index is 10.2. The van der Waals surface area contributed by atoms with Gasteiger partial charge in [-0.1, -0.05) is 38.3 Å². The fourth-order valence-corrected chi connectivity index (χ4v) is 9.82. The Hall–Kier alpha value is -2.04. The Balaban J connectivity index is 0.000000526. The summed E-state index contributed by atoms with van der Waals surface area (Å²) >= 11 is 0. The van der Waals surface area contributed by atoms with Crippen molar-refractivity contribution in [3.05, 3.63) is 29.8 Å². The number of aliphatic hydroxyl groups excluding tert-OH is 10. The van der Waals surface area contributed by atoms with Gasteiger partial charge in [-0.2, -0.15) is 0 Å². The molecule has 84 heavy (non-hydrogen) atoms. The molecule has 4 saturated heterocycles. The Morgan fingerprint density at radius 2 is 0.857 bits per heavy atom. The SMILES string of the molecule is CCNC1(c2cccc(OC)c2)CCCCC1.COC1OC(CO)C(OC)C(O)C1O.COC1OC(CO)C(OC)C(O)C1O.COC1OC(COCCC(=O)[O-])C(OC)C(O)C1O.COC1OC(COCCC(=O)[O-])C(OC)C(O)C1O.[Na+]. The van der Waals surface area contributed by atoms with Crippen molar-refractivity contribution in [2.75, 3.05) is 110 Å². The molecule has 0 radical (unpaired) electrons. The first kappa shape index (κ1) is 80.0. The fourth-order valence-electron chi connectivity index (χ4n) is 9.82. The third-order valence-corrected chi connectivity index (χ3v) is 14.3. The van der Waals surface area contributed by atoms with Crippen LogP contribution in [0.1, 0.15) is 57.4 Å². The van der Waals surface area contributed by atoms with Crippen LogP contribution >= 0.6 is 0 Å². The first-order valence-electron chi connectivity index (χ1n) is 27.1. The van der Waals surface area contributed by atoms with Crippen molar-refractivity contribution in [3.8, 4) is 5.75 Å². The van der Waals surface area contributed by atoms with E-state index in [4.69, 9.17) is 81.3 Å². The number of nitrogens with one attached hydrogen (secondary N) is 1. The number of ether oxygens (including phenoxy) is 15. The van der Waals surface area contributed by atoms with E-state index in [1.807, 2.05) is 6.07 Å². The largest absolute Gasteiger partial charge is 1.00 e. The number of methoxy groups -OCH3 is 9. The summed E-state index contributed by atoms with van der Waals surface area (Å²) in [7, 11) is 12.6. The van der Waals surface area contributed by atoms with Crippen molar-refractivity contribution in [1.82, 2.24) is 5.32 Å². The van der Waals surface area contributed by atoms with E-state index in [-0.39, 0.29) is 87.6 Å². The van der Waals surface area contributed by atoms with Crippen LogP contribution in [0.3, 0.4) is 0 Å². The van der Waals surface area contributed by atoms with Gasteiger partial charge in [-0.05, 0) is 37.1 Å². The molecule has 30 nitrogen and oxygen atoms in total. The average molecular weight is 1230 g/mol. The molecule has 11 N–H and O–H groups in total. The zero-order chi connectivity index (χ0) is 62.4. The molecule has 1 aliphatic carbocycles. The average Bonchev–Trinajstić information content (AvgIpc) is 3.50. The number of hydrogen-bond donors (Lipinski definition) is 11. The molecule has 1 saturated carbocycles. The zero-order valence-electron chi connectivity index (χ0n) is 50.0. The van der Waals surface area contributed by atoms with Gasteiger partial charge in [0.05, 0.1) is 46.8 Å². The van der Waals surface area contributed by atoms with Gasteiger partial charge in [0.15, 0.2) is 25.2 Å². The monoisotopic (exact) mass is 1230 g/mol. The molecular formula is C53H93NNaO29-. The van der Waals surface area contributed by atoms with E-state index in [1.54, 1.807) is 7.11 Å². The molecule has 0 spiro atoms. The Labute approximate surface area is 512 Å². The van der Waals surface area contributed by atoms with E-state index in [0.717, 1.165) is 12.3 Å². The van der Waals surface area contributed by atoms with Crippen molar-refractivity contribution < 1.29 is 171 Å². The number of hydrogen-bond acceptors (Lipinski definition) is 30. The minimum absolute atomic E-state index is 0. The van der Waals surface area contributed by atoms with Crippen LogP contribution in [0, 0.1) is 0 Å². The molecule has 0 amide bonds. The molecule has 1 aromatic rings. The van der Waals surface area contributed by atoms with Crippen LogP contribution in [0.4, 0.5) is 0 Å². The molecule has 20 unspecified atom stereocenters. The summed E-state index contributed by atoms with van der Waals surface area (Å²) < 4.78 is 76.0. The van der Waals surface area contributed by atoms with Gasteiger partial charge in [0.25, 0.3) is 0 Å². The summed E-state index contributed by atoms with van der Waals surface area (Å²) in [5.41, 5.74) is 1.57. The van der Waals surface area contributed by atoms with Crippen molar-refractivity contribution in [3.63, 3.8) is 0 Å². The summed E-state index contributed by atoms with van der Waals surface area (Å²) in [6.07, 6.45) is -13.0. The molecule has 4 heterocycles. The van der Waals surface area contributed by atoms with Crippen LogP contribution < -0.4 is 49.8 Å². The van der Waals surface area contributed by atoms with Gasteiger partial charge in [0.2, 0.25) is 0 Å². The molecule has 6 rings (SSSR count). The van der Waals surface area contributed by atoms with Gasteiger partial charge in [-0.3, -0.25) is 0 Å².